The highest BCUT2D eigenvalue weighted by Gasteiger charge is 2.11. The second-order valence-electron chi connectivity index (χ2n) is 4.21. The van der Waals surface area contributed by atoms with Crippen LogP contribution in [0.4, 0.5) is 11.4 Å². The first kappa shape index (κ1) is 14.0. The molecule has 1 aromatic rings. The Hall–Kier alpha value is -2.11. The van der Waals surface area contributed by atoms with E-state index < -0.39 is 16.8 Å². The van der Waals surface area contributed by atoms with Crippen LogP contribution >= 0.6 is 0 Å². The molecule has 1 rings (SSSR count). The number of carboxylic acid groups (broad SMARTS) is 1. The largest absolute Gasteiger partial charge is 0.481 e. The molecule has 6 heteroatoms. The van der Waals surface area contributed by atoms with E-state index in [-0.39, 0.29) is 5.69 Å². The third-order valence-electron chi connectivity index (χ3n) is 2.72. The first-order valence-electron chi connectivity index (χ1n) is 5.63. The number of nitro benzene ring substituents is 1. The van der Waals surface area contributed by atoms with Crippen LogP contribution in [-0.2, 0) is 4.79 Å². The summed E-state index contributed by atoms with van der Waals surface area (Å²) in [6.07, 6.45) is 0.505. The minimum Gasteiger partial charge on any atom is -0.481 e. The molecule has 0 aliphatic heterocycles. The van der Waals surface area contributed by atoms with E-state index in [0.29, 0.717) is 18.5 Å². The van der Waals surface area contributed by atoms with E-state index in [1.165, 1.54) is 6.07 Å². The molecule has 0 spiro atoms. The van der Waals surface area contributed by atoms with Crippen molar-refractivity contribution in [1.82, 2.24) is 0 Å². The van der Waals surface area contributed by atoms with Crippen molar-refractivity contribution in [3.63, 3.8) is 0 Å². The van der Waals surface area contributed by atoms with Gasteiger partial charge < -0.3 is 10.4 Å². The molecule has 2 N–H and O–H groups in total. The van der Waals surface area contributed by atoms with E-state index in [1.54, 1.807) is 26.0 Å². The summed E-state index contributed by atoms with van der Waals surface area (Å²) in [6.45, 7) is 3.83. The normalized spacial score (nSPS) is 11.9. The standard InChI is InChI=1S/C12H16N2O4/c1-8(12(15)16)5-6-13-10-3-4-11(14(17)18)9(2)7-10/h3-4,7-8,13H,5-6H2,1-2H3,(H,15,16). The van der Waals surface area contributed by atoms with Gasteiger partial charge in [-0.15, -0.1) is 0 Å². The smallest absolute Gasteiger partial charge is 0.306 e. The predicted molar refractivity (Wildman–Crippen MR) is 67.7 cm³/mol. The Balaban J connectivity index is 2.56. The molecule has 0 aliphatic carbocycles. The van der Waals surface area contributed by atoms with Gasteiger partial charge in [0, 0.05) is 23.9 Å². The first-order valence-corrected chi connectivity index (χ1v) is 5.63. The molecule has 98 valence electrons. The van der Waals surface area contributed by atoms with Crippen LogP contribution < -0.4 is 5.32 Å². The van der Waals surface area contributed by atoms with Crippen LogP contribution in [0.2, 0.25) is 0 Å². The molecular formula is C12H16N2O4. The van der Waals surface area contributed by atoms with Gasteiger partial charge in [-0.25, -0.2) is 0 Å². The number of anilines is 1. The van der Waals surface area contributed by atoms with E-state index in [1.807, 2.05) is 0 Å². The number of carbonyl (C=O) groups is 1. The van der Waals surface area contributed by atoms with Crippen LogP contribution in [0.15, 0.2) is 18.2 Å². The number of rotatable bonds is 6. The zero-order valence-corrected chi connectivity index (χ0v) is 10.3. The predicted octanol–water partition coefficient (Wildman–Crippen LogP) is 2.43. The Morgan fingerprint density at radius 3 is 2.72 bits per heavy atom. The van der Waals surface area contributed by atoms with Crippen molar-refractivity contribution in [3.8, 4) is 0 Å². The molecule has 1 aromatic carbocycles. The van der Waals surface area contributed by atoms with Crippen LogP contribution in [-0.4, -0.2) is 22.5 Å². The van der Waals surface area contributed by atoms with E-state index in [9.17, 15) is 14.9 Å². The number of hydrogen-bond acceptors (Lipinski definition) is 4. The monoisotopic (exact) mass is 252 g/mol. The van der Waals surface area contributed by atoms with Crippen molar-refractivity contribution < 1.29 is 14.8 Å². The molecule has 0 fully saturated rings. The van der Waals surface area contributed by atoms with Crippen molar-refractivity contribution in [3.05, 3.63) is 33.9 Å². The third kappa shape index (κ3) is 3.73. The molecule has 6 nitrogen and oxygen atoms in total. The summed E-state index contributed by atoms with van der Waals surface area (Å²) < 4.78 is 0. The molecule has 0 heterocycles. The number of benzene rings is 1. The fraction of sp³-hybridized carbons (Fsp3) is 0.417. The highest BCUT2D eigenvalue weighted by molar-refractivity contribution is 5.69. The Morgan fingerprint density at radius 2 is 2.22 bits per heavy atom. The van der Waals surface area contributed by atoms with Crippen molar-refractivity contribution in [1.29, 1.82) is 0 Å². The fourth-order valence-corrected chi connectivity index (χ4v) is 1.53. The molecule has 1 unspecified atom stereocenters. The zero-order chi connectivity index (χ0) is 13.7. The molecule has 0 saturated carbocycles. The number of hydrogen-bond donors (Lipinski definition) is 2. The van der Waals surface area contributed by atoms with Crippen LogP contribution in [0.1, 0.15) is 18.9 Å². The van der Waals surface area contributed by atoms with Crippen molar-refractivity contribution in [2.75, 3.05) is 11.9 Å². The molecule has 0 saturated heterocycles. The number of nitrogens with one attached hydrogen (secondary N) is 1. The van der Waals surface area contributed by atoms with Crippen molar-refractivity contribution >= 4 is 17.3 Å². The van der Waals surface area contributed by atoms with Gasteiger partial charge in [0.05, 0.1) is 10.8 Å². The highest BCUT2D eigenvalue weighted by Crippen LogP contribution is 2.21. The fourth-order valence-electron chi connectivity index (χ4n) is 1.53. The quantitative estimate of drug-likeness (QED) is 0.599. The molecular weight excluding hydrogens is 236 g/mol. The summed E-state index contributed by atoms with van der Waals surface area (Å²) in [6, 6.07) is 4.75. The van der Waals surface area contributed by atoms with E-state index in [0.717, 1.165) is 5.69 Å². The minimum atomic E-state index is -0.823. The summed E-state index contributed by atoms with van der Waals surface area (Å²) in [7, 11) is 0. The zero-order valence-electron chi connectivity index (χ0n) is 10.3. The number of aliphatic carboxylic acids is 1. The van der Waals surface area contributed by atoms with Gasteiger partial charge in [-0.05, 0) is 25.5 Å². The highest BCUT2D eigenvalue weighted by atomic mass is 16.6. The third-order valence-corrected chi connectivity index (χ3v) is 2.72. The lowest BCUT2D eigenvalue weighted by Gasteiger charge is -2.09. The lowest BCUT2D eigenvalue weighted by molar-refractivity contribution is -0.385. The van der Waals surface area contributed by atoms with Gasteiger partial charge in [0.1, 0.15) is 0 Å². The van der Waals surface area contributed by atoms with E-state index in [2.05, 4.69) is 5.32 Å². The van der Waals surface area contributed by atoms with Gasteiger partial charge in [-0.2, -0.15) is 0 Å². The summed E-state index contributed by atoms with van der Waals surface area (Å²) in [5.41, 5.74) is 1.42. The van der Waals surface area contributed by atoms with Gasteiger partial charge in [-0.3, -0.25) is 14.9 Å². The lowest BCUT2D eigenvalue weighted by atomic mass is 10.1. The summed E-state index contributed by atoms with van der Waals surface area (Å²) >= 11 is 0. The number of nitrogens with zero attached hydrogens (tertiary/aromatic N) is 1. The number of nitro groups is 1. The van der Waals surface area contributed by atoms with Gasteiger partial charge in [0.15, 0.2) is 0 Å². The molecule has 0 bridgehead atoms. The molecule has 0 aliphatic rings. The lowest BCUT2D eigenvalue weighted by Crippen LogP contribution is -2.14. The number of carboxylic acids is 1. The van der Waals surface area contributed by atoms with Crippen LogP contribution in [0.5, 0.6) is 0 Å². The van der Waals surface area contributed by atoms with Crippen LogP contribution in [0, 0.1) is 23.0 Å². The second-order valence-corrected chi connectivity index (χ2v) is 4.21. The Morgan fingerprint density at radius 1 is 1.56 bits per heavy atom. The summed E-state index contributed by atoms with van der Waals surface area (Å²) in [4.78, 5) is 20.8. The Kier molecular flexibility index (Phi) is 4.65. The van der Waals surface area contributed by atoms with Gasteiger partial charge in [-0.1, -0.05) is 6.92 Å². The maximum Gasteiger partial charge on any atom is 0.306 e. The average Bonchev–Trinajstić information content (AvgIpc) is 2.28. The van der Waals surface area contributed by atoms with Crippen LogP contribution in [0.25, 0.3) is 0 Å². The SMILES string of the molecule is Cc1cc(NCCC(C)C(=O)O)ccc1[N+](=O)[O-]. The maximum absolute atomic E-state index is 10.6. The first-order chi connectivity index (χ1) is 8.41. The topological polar surface area (TPSA) is 92.5 Å². The van der Waals surface area contributed by atoms with Gasteiger partial charge in [0.25, 0.3) is 5.69 Å². The summed E-state index contributed by atoms with van der Waals surface area (Å²) in [5, 5.41) is 22.4. The molecule has 1 atom stereocenters. The van der Waals surface area contributed by atoms with Gasteiger partial charge >= 0.3 is 5.97 Å². The van der Waals surface area contributed by atoms with E-state index in [4.69, 9.17) is 5.11 Å². The molecule has 18 heavy (non-hydrogen) atoms. The molecule has 0 radical (unpaired) electrons. The van der Waals surface area contributed by atoms with Crippen LogP contribution in [0.3, 0.4) is 0 Å². The number of aryl methyl sites for hydroxylation is 1. The van der Waals surface area contributed by atoms with Gasteiger partial charge in [0.2, 0.25) is 0 Å². The van der Waals surface area contributed by atoms with E-state index >= 15 is 0 Å². The van der Waals surface area contributed by atoms with Crippen molar-refractivity contribution in [2.45, 2.75) is 20.3 Å². The summed E-state index contributed by atoms with van der Waals surface area (Å²) in [5.74, 6) is -1.23. The van der Waals surface area contributed by atoms with Crippen molar-refractivity contribution in [2.24, 2.45) is 5.92 Å². The maximum atomic E-state index is 10.6. The molecule has 0 amide bonds. The average molecular weight is 252 g/mol. The second kappa shape index (κ2) is 6.00. The Bertz CT molecular complexity index is 459. The minimum absolute atomic E-state index is 0.0828. The molecule has 0 aromatic heterocycles. The Labute approximate surface area is 105 Å².